The van der Waals surface area contributed by atoms with Crippen LogP contribution in [0.3, 0.4) is 0 Å². The number of alkyl halides is 3. The molecule has 0 aliphatic rings. The highest BCUT2D eigenvalue weighted by molar-refractivity contribution is 5.27. The minimum Gasteiger partial charge on any atom is -0.484 e. The number of halogens is 3. The molecule has 7 heteroatoms. The zero-order chi connectivity index (χ0) is 16.9. The van der Waals surface area contributed by atoms with E-state index in [1.54, 1.807) is 31.2 Å². The molecule has 0 bridgehead atoms. The average molecular weight is 329 g/mol. The molecule has 1 heterocycles. The van der Waals surface area contributed by atoms with E-state index >= 15 is 0 Å². The van der Waals surface area contributed by atoms with Gasteiger partial charge in [-0.3, -0.25) is 0 Å². The van der Waals surface area contributed by atoms with Gasteiger partial charge in [-0.2, -0.15) is 13.2 Å². The Labute approximate surface area is 131 Å². The molecule has 1 atom stereocenters. The molecule has 0 aliphatic heterocycles. The molecule has 2 N–H and O–H groups in total. The zero-order valence-corrected chi connectivity index (χ0v) is 12.6. The van der Waals surface area contributed by atoms with Gasteiger partial charge in [0.2, 0.25) is 0 Å². The minimum absolute atomic E-state index is 0.161. The van der Waals surface area contributed by atoms with Gasteiger partial charge in [-0.25, -0.2) is 0 Å². The van der Waals surface area contributed by atoms with Gasteiger partial charge in [0, 0.05) is 13.1 Å². The summed E-state index contributed by atoms with van der Waals surface area (Å²) in [6, 6.07) is 9.68. The van der Waals surface area contributed by atoms with Crippen LogP contribution in [0.4, 0.5) is 13.2 Å². The van der Waals surface area contributed by atoms with E-state index in [4.69, 9.17) is 4.42 Å². The van der Waals surface area contributed by atoms with Gasteiger partial charge in [-0.1, -0.05) is 12.1 Å². The molecule has 0 radical (unpaired) electrons. The third kappa shape index (κ3) is 5.61. The summed E-state index contributed by atoms with van der Waals surface area (Å²) in [7, 11) is 0. The highest BCUT2D eigenvalue weighted by atomic mass is 19.4. The van der Waals surface area contributed by atoms with Crippen LogP contribution in [0.1, 0.15) is 18.2 Å². The molecular weight excluding hydrogens is 311 g/mol. The monoisotopic (exact) mass is 329 g/mol. The van der Waals surface area contributed by atoms with Crippen LogP contribution in [0.15, 0.2) is 47.1 Å². The Kier molecular flexibility index (Phi) is 5.33. The number of hydrogen-bond donors (Lipinski definition) is 2. The lowest BCUT2D eigenvalue weighted by Gasteiger charge is -2.21. The molecular formula is C16H18F3NO3. The number of ether oxygens (including phenoxy) is 1. The minimum atomic E-state index is -4.35. The van der Waals surface area contributed by atoms with Gasteiger partial charge in [-0.05, 0) is 36.8 Å². The SMILES string of the molecule is CC(O)(CNCc1ccc(OCC(F)(F)F)cc1)c1ccco1. The number of hydrogen-bond acceptors (Lipinski definition) is 4. The quantitative estimate of drug-likeness (QED) is 0.819. The van der Waals surface area contributed by atoms with Crippen LogP contribution >= 0.6 is 0 Å². The fourth-order valence-corrected chi connectivity index (χ4v) is 1.99. The summed E-state index contributed by atoms with van der Waals surface area (Å²) in [5.41, 5.74) is -0.279. The Balaban J connectivity index is 1.80. The molecule has 0 saturated heterocycles. The predicted octanol–water partition coefficient (Wildman–Crippen LogP) is 3.22. The van der Waals surface area contributed by atoms with E-state index in [2.05, 4.69) is 10.1 Å². The van der Waals surface area contributed by atoms with Crippen molar-refractivity contribution in [3.8, 4) is 5.75 Å². The molecule has 126 valence electrons. The molecule has 2 aromatic rings. The number of aliphatic hydroxyl groups is 1. The van der Waals surface area contributed by atoms with Crippen LogP contribution in [-0.2, 0) is 12.1 Å². The van der Waals surface area contributed by atoms with Crippen molar-refractivity contribution in [2.45, 2.75) is 25.2 Å². The van der Waals surface area contributed by atoms with Crippen molar-refractivity contribution < 1.29 is 27.4 Å². The number of nitrogens with one attached hydrogen (secondary N) is 1. The Morgan fingerprint density at radius 3 is 2.43 bits per heavy atom. The summed E-state index contributed by atoms with van der Waals surface area (Å²) in [5, 5.41) is 13.3. The summed E-state index contributed by atoms with van der Waals surface area (Å²) in [5.74, 6) is 0.620. The van der Waals surface area contributed by atoms with Crippen molar-refractivity contribution in [2.75, 3.05) is 13.2 Å². The molecule has 23 heavy (non-hydrogen) atoms. The molecule has 0 aliphatic carbocycles. The lowest BCUT2D eigenvalue weighted by molar-refractivity contribution is -0.153. The fraction of sp³-hybridized carbons (Fsp3) is 0.375. The third-order valence-electron chi connectivity index (χ3n) is 3.18. The standard InChI is InChI=1S/C16H18F3NO3/c1-15(21,14-3-2-8-22-14)10-20-9-12-4-6-13(7-5-12)23-11-16(17,18)19/h2-8,20-21H,9-11H2,1H3. The Morgan fingerprint density at radius 1 is 1.17 bits per heavy atom. The van der Waals surface area contributed by atoms with Crippen LogP contribution < -0.4 is 10.1 Å². The fourth-order valence-electron chi connectivity index (χ4n) is 1.99. The molecule has 0 saturated carbocycles. The molecule has 2 rings (SSSR count). The second kappa shape index (κ2) is 7.06. The maximum atomic E-state index is 12.0. The first kappa shape index (κ1) is 17.4. The molecule has 1 aromatic carbocycles. The highest BCUT2D eigenvalue weighted by Gasteiger charge is 2.28. The van der Waals surface area contributed by atoms with E-state index < -0.39 is 18.4 Å². The summed E-state index contributed by atoms with van der Waals surface area (Å²) < 4.78 is 46.0. The van der Waals surface area contributed by atoms with E-state index in [9.17, 15) is 18.3 Å². The van der Waals surface area contributed by atoms with E-state index in [0.717, 1.165) is 5.56 Å². The van der Waals surface area contributed by atoms with Gasteiger partial charge < -0.3 is 19.6 Å². The second-order valence-electron chi connectivity index (χ2n) is 5.40. The van der Waals surface area contributed by atoms with E-state index in [1.807, 2.05) is 0 Å². The van der Waals surface area contributed by atoms with Gasteiger partial charge in [-0.15, -0.1) is 0 Å². The number of benzene rings is 1. The normalized spacial score (nSPS) is 14.5. The van der Waals surface area contributed by atoms with E-state index in [1.165, 1.54) is 18.4 Å². The van der Waals surface area contributed by atoms with Crippen LogP contribution in [0.25, 0.3) is 0 Å². The molecule has 1 unspecified atom stereocenters. The van der Waals surface area contributed by atoms with Gasteiger partial charge in [0.05, 0.1) is 6.26 Å². The Bertz CT molecular complexity index is 592. The second-order valence-corrected chi connectivity index (χ2v) is 5.40. The van der Waals surface area contributed by atoms with E-state index in [0.29, 0.717) is 12.3 Å². The third-order valence-corrected chi connectivity index (χ3v) is 3.18. The van der Waals surface area contributed by atoms with Crippen LogP contribution in [0.5, 0.6) is 5.75 Å². The maximum absolute atomic E-state index is 12.0. The average Bonchev–Trinajstić information content (AvgIpc) is 3.00. The van der Waals surface area contributed by atoms with Crippen molar-refractivity contribution in [1.29, 1.82) is 0 Å². The first-order valence-electron chi connectivity index (χ1n) is 7.02. The van der Waals surface area contributed by atoms with Gasteiger partial charge in [0.25, 0.3) is 0 Å². The first-order valence-corrected chi connectivity index (χ1v) is 7.02. The van der Waals surface area contributed by atoms with Crippen LogP contribution in [0.2, 0.25) is 0 Å². The molecule has 4 nitrogen and oxygen atoms in total. The Hall–Kier alpha value is -1.99. The number of furan rings is 1. The van der Waals surface area contributed by atoms with Gasteiger partial charge in [0.1, 0.15) is 17.1 Å². The highest BCUT2D eigenvalue weighted by Crippen LogP contribution is 2.21. The van der Waals surface area contributed by atoms with Crippen LogP contribution in [0, 0.1) is 0 Å². The van der Waals surface area contributed by atoms with Crippen molar-refractivity contribution in [3.63, 3.8) is 0 Å². The predicted molar refractivity (Wildman–Crippen MR) is 78.0 cm³/mol. The van der Waals surface area contributed by atoms with Gasteiger partial charge in [0.15, 0.2) is 6.61 Å². The van der Waals surface area contributed by atoms with Crippen LogP contribution in [-0.4, -0.2) is 24.4 Å². The molecule has 0 fully saturated rings. The largest absolute Gasteiger partial charge is 0.484 e. The smallest absolute Gasteiger partial charge is 0.422 e. The van der Waals surface area contributed by atoms with Crippen molar-refractivity contribution in [2.24, 2.45) is 0 Å². The topological polar surface area (TPSA) is 54.6 Å². The summed E-state index contributed by atoms with van der Waals surface area (Å²) in [6.45, 7) is 1.05. The lowest BCUT2D eigenvalue weighted by Crippen LogP contribution is -2.34. The molecule has 0 amide bonds. The van der Waals surface area contributed by atoms with Crippen molar-refractivity contribution >= 4 is 0 Å². The van der Waals surface area contributed by atoms with Crippen molar-refractivity contribution in [3.05, 3.63) is 54.0 Å². The van der Waals surface area contributed by atoms with Crippen molar-refractivity contribution in [1.82, 2.24) is 5.32 Å². The summed E-state index contributed by atoms with van der Waals surface area (Å²) in [4.78, 5) is 0. The maximum Gasteiger partial charge on any atom is 0.422 e. The van der Waals surface area contributed by atoms with E-state index in [-0.39, 0.29) is 12.3 Å². The number of rotatable bonds is 7. The molecule has 0 spiro atoms. The first-order chi connectivity index (χ1) is 10.8. The zero-order valence-electron chi connectivity index (χ0n) is 12.6. The van der Waals surface area contributed by atoms with Gasteiger partial charge >= 0.3 is 6.18 Å². The lowest BCUT2D eigenvalue weighted by atomic mass is 10.0. The summed E-state index contributed by atoms with van der Waals surface area (Å²) >= 11 is 0. The Morgan fingerprint density at radius 2 is 1.87 bits per heavy atom. The molecule has 1 aromatic heterocycles. The summed E-state index contributed by atoms with van der Waals surface area (Å²) in [6.07, 6.45) is -2.86.